The van der Waals surface area contributed by atoms with E-state index >= 15 is 0 Å². The Morgan fingerprint density at radius 2 is 2.22 bits per heavy atom. The Hall–Kier alpha value is -1.73. The van der Waals surface area contributed by atoms with Gasteiger partial charge in [-0.3, -0.25) is 9.48 Å². The zero-order valence-electron chi connectivity index (χ0n) is 14.3. The van der Waals surface area contributed by atoms with Gasteiger partial charge in [-0.15, -0.1) is 11.3 Å². The van der Waals surface area contributed by atoms with Crippen molar-refractivity contribution in [3.63, 3.8) is 0 Å². The first kappa shape index (κ1) is 17.6. The first-order valence-electron chi connectivity index (χ1n) is 7.69. The van der Waals surface area contributed by atoms with Gasteiger partial charge in [-0.1, -0.05) is 20.8 Å². The van der Waals surface area contributed by atoms with Crippen molar-refractivity contribution in [2.75, 3.05) is 11.9 Å². The van der Waals surface area contributed by atoms with Crippen LogP contribution in [0.2, 0.25) is 0 Å². The minimum atomic E-state index is -0.429. The van der Waals surface area contributed by atoms with Crippen molar-refractivity contribution in [2.45, 2.75) is 47.3 Å². The average Bonchev–Trinajstić information content (AvgIpc) is 3.08. The summed E-state index contributed by atoms with van der Waals surface area (Å²) >= 11 is 1.59. The Morgan fingerprint density at radius 1 is 1.48 bits per heavy atom. The minimum Gasteiger partial charge on any atom is -0.372 e. The van der Waals surface area contributed by atoms with E-state index in [1.165, 1.54) is 0 Å². The molecule has 1 amide bonds. The molecular weight excluding hydrogens is 312 g/mol. The summed E-state index contributed by atoms with van der Waals surface area (Å²) in [5, 5.41) is 10.1. The number of carbonyl (C=O) groups is 1. The molecule has 7 heteroatoms. The molecule has 2 heterocycles. The molecular formula is C16H24N4O2S. The molecule has 0 spiro atoms. The summed E-state index contributed by atoms with van der Waals surface area (Å²) in [6.45, 7) is 10.9. The normalized spacial score (nSPS) is 13.1. The molecule has 0 bridgehead atoms. The number of carbonyl (C=O) groups excluding carboxylic acids is 1. The highest BCUT2D eigenvalue weighted by Gasteiger charge is 2.21. The van der Waals surface area contributed by atoms with E-state index in [-0.39, 0.29) is 12.0 Å². The Kier molecular flexibility index (Phi) is 5.54. The highest BCUT2D eigenvalue weighted by atomic mass is 32.1. The van der Waals surface area contributed by atoms with Crippen molar-refractivity contribution in [2.24, 2.45) is 5.41 Å². The summed E-state index contributed by atoms with van der Waals surface area (Å²) in [4.78, 5) is 16.5. The molecule has 23 heavy (non-hydrogen) atoms. The van der Waals surface area contributed by atoms with Crippen LogP contribution in [0, 0.1) is 5.41 Å². The van der Waals surface area contributed by atoms with Crippen LogP contribution in [0.5, 0.6) is 0 Å². The van der Waals surface area contributed by atoms with Crippen LogP contribution in [-0.4, -0.2) is 27.3 Å². The minimum absolute atomic E-state index is 0.0120. The standard InChI is InChI=1S/C16H24N4O2S/c1-6-22-11(2)14-18-13(10-23-14)9-20-8-12(7-17-20)19-15(21)16(3,4)5/h7-8,10-11H,6,9H2,1-5H3,(H,19,21)/t11-/m0/s1. The van der Waals surface area contributed by atoms with E-state index < -0.39 is 5.41 Å². The number of nitrogens with one attached hydrogen (secondary N) is 1. The molecule has 0 aliphatic heterocycles. The smallest absolute Gasteiger partial charge is 0.229 e. The first-order chi connectivity index (χ1) is 10.8. The average molecular weight is 336 g/mol. The van der Waals surface area contributed by atoms with Gasteiger partial charge in [0.25, 0.3) is 0 Å². The van der Waals surface area contributed by atoms with Crippen molar-refractivity contribution < 1.29 is 9.53 Å². The van der Waals surface area contributed by atoms with E-state index in [1.54, 1.807) is 22.2 Å². The second-order valence-corrected chi connectivity index (χ2v) is 7.30. The van der Waals surface area contributed by atoms with E-state index in [2.05, 4.69) is 15.4 Å². The van der Waals surface area contributed by atoms with Gasteiger partial charge < -0.3 is 10.1 Å². The second kappa shape index (κ2) is 7.23. The van der Waals surface area contributed by atoms with Gasteiger partial charge in [-0.05, 0) is 13.8 Å². The van der Waals surface area contributed by atoms with Crippen LogP contribution in [0.3, 0.4) is 0 Å². The first-order valence-corrected chi connectivity index (χ1v) is 8.57. The number of hydrogen-bond acceptors (Lipinski definition) is 5. The predicted molar refractivity (Wildman–Crippen MR) is 91.6 cm³/mol. The van der Waals surface area contributed by atoms with Gasteiger partial charge in [-0.25, -0.2) is 4.98 Å². The number of ether oxygens (including phenoxy) is 1. The molecule has 1 atom stereocenters. The molecule has 6 nitrogen and oxygen atoms in total. The lowest BCUT2D eigenvalue weighted by atomic mass is 9.96. The topological polar surface area (TPSA) is 69.0 Å². The van der Waals surface area contributed by atoms with Crippen LogP contribution in [-0.2, 0) is 16.1 Å². The summed E-state index contributed by atoms with van der Waals surface area (Å²) in [5.74, 6) is -0.0291. The highest BCUT2D eigenvalue weighted by molar-refractivity contribution is 7.09. The highest BCUT2D eigenvalue weighted by Crippen LogP contribution is 2.22. The number of aromatic nitrogens is 3. The Morgan fingerprint density at radius 3 is 2.87 bits per heavy atom. The fraction of sp³-hybridized carbons (Fsp3) is 0.562. The molecule has 2 aromatic heterocycles. The molecule has 2 rings (SSSR count). The Labute approximate surface area is 140 Å². The Bertz CT molecular complexity index is 657. The maximum Gasteiger partial charge on any atom is 0.229 e. The van der Waals surface area contributed by atoms with Crippen molar-refractivity contribution >= 4 is 22.9 Å². The van der Waals surface area contributed by atoms with Crippen LogP contribution in [0.1, 0.15) is 51.4 Å². The van der Waals surface area contributed by atoms with Crippen LogP contribution < -0.4 is 5.32 Å². The van der Waals surface area contributed by atoms with E-state index in [1.807, 2.05) is 46.2 Å². The maximum absolute atomic E-state index is 12.0. The molecule has 0 radical (unpaired) electrons. The molecule has 0 aliphatic rings. The molecule has 0 saturated carbocycles. The molecule has 0 aromatic carbocycles. The lowest BCUT2D eigenvalue weighted by Gasteiger charge is -2.16. The van der Waals surface area contributed by atoms with Gasteiger partial charge >= 0.3 is 0 Å². The molecule has 0 unspecified atom stereocenters. The number of rotatable bonds is 6. The SMILES string of the molecule is CCO[C@@H](C)c1nc(Cn2cc(NC(=O)C(C)(C)C)cn2)cs1. The maximum atomic E-state index is 12.0. The van der Waals surface area contributed by atoms with E-state index in [9.17, 15) is 4.79 Å². The number of hydrogen-bond donors (Lipinski definition) is 1. The van der Waals surface area contributed by atoms with E-state index in [0.29, 0.717) is 18.8 Å². The summed E-state index contributed by atoms with van der Waals surface area (Å²) in [5.41, 5.74) is 1.21. The van der Waals surface area contributed by atoms with Gasteiger partial charge in [0, 0.05) is 23.6 Å². The van der Waals surface area contributed by atoms with Crippen LogP contribution in [0.25, 0.3) is 0 Å². The lowest BCUT2D eigenvalue weighted by molar-refractivity contribution is -0.123. The number of nitrogens with zero attached hydrogens (tertiary/aromatic N) is 3. The second-order valence-electron chi connectivity index (χ2n) is 6.41. The quantitative estimate of drug-likeness (QED) is 0.877. The molecule has 0 saturated heterocycles. The van der Waals surface area contributed by atoms with E-state index in [4.69, 9.17) is 4.74 Å². The Balaban J connectivity index is 1.98. The fourth-order valence-corrected chi connectivity index (χ4v) is 2.72. The molecule has 1 N–H and O–H groups in total. The zero-order chi connectivity index (χ0) is 17.0. The van der Waals surface area contributed by atoms with Gasteiger partial charge in [0.2, 0.25) is 5.91 Å². The van der Waals surface area contributed by atoms with Gasteiger partial charge in [0.05, 0.1) is 24.1 Å². The lowest BCUT2D eigenvalue weighted by Crippen LogP contribution is -2.27. The van der Waals surface area contributed by atoms with Crippen molar-refractivity contribution in [3.05, 3.63) is 28.5 Å². The number of anilines is 1. The summed E-state index contributed by atoms with van der Waals surface area (Å²) in [7, 11) is 0. The molecule has 0 aliphatic carbocycles. The molecule has 2 aromatic rings. The van der Waals surface area contributed by atoms with Crippen molar-refractivity contribution in [3.8, 4) is 0 Å². The summed E-state index contributed by atoms with van der Waals surface area (Å²) < 4.78 is 7.32. The number of amides is 1. The van der Waals surface area contributed by atoms with Crippen LogP contribution in [0.15, 0.2) is 17.8 Å². The predicted octanol–water partition coefficient (Wildman–Crippen LogP) is 3.47. The van der Waals surface area contributed by atoms with Gasteiger partial charge in [-0.2, -0.15) is 5.10 Å². The molecule has 126 valence electrons. The van der Waals surface area contributed by atoms with Crippen LogP contribution >= 0.6 is 11.3 Å². The van der Waals surface area contributed by atoms with Gasteiger partial charge in [0.15, 0.2) is 0 Å². The van der Waals surface area contributed by atoms with Crippen LogP contribution in [0.4, 0.5) is 5.69 Å². The zero-order valence-corrected chi connectivity index (χ0v) is 15.1. The van der Waals surface area contributed by atoms with Gasteiger partial charge in [0.1, 0.15) is 11.1 Å². The number of thiazole rings is 1. The largest absolute Gasteiger partial charge is 0.372 e. The third-order valence-corrected chi connectivity index (χ3v) is 4.28. The van der Waals surface area contributed by atoms with E-state index in [0.717, 1.165) is 10.7 Å². The molecule has 0 fully saturated rings. The fourth-order valence-electron chi connectivity index (χ4n) is 1.90. The monoisotopic (exact) mass is 336 g/mol. The summed E-state index contributed by atoms with van der Waals surface area (Å²) in [6.07, 6.45) is 3.48. The summed E-state index contributed by atoms with van der Waals surface area (Å²) in [6, 6.07) is 0. The van der Waals surface area contributed by atoms with Crippen molar-refractivity contribution in [1.82, 2.24) is 14.8 Å². The third-order valence-electron chi connectivity index (χ3n) is 3.23. The third kappa shape index (κ3) is 4.87. The van der Waals surface area contributed by atoms with Crippen molar-refractivity contribution in [1.29, 1.82) is 0 Å².